The van der Waals surface area contributed by atoms with E-state index in [0.717, 1.165) is 0 Å². The van der Waals surface area contributed by atoms with E-state index in [0.29, 0.717) is 19.6 Å². The first-order valence-electron chi connectivity index (χ1n) is 4.34. The van der Waals surface area contributed by atoms with Gasteiger partial charge in [0.25, 0.3) is 0 Å². The van der Waals surface area contributed by atoms with Gasteiger partial charge in [-0.2, -0.15) is 0 Å². The van der Waals surface area contributed by atoms with E-state index >= 15 is 0 Å². The van der Waals surface area contributed by atoms with Crippen LogP contribution in [-0.4, -0.2) is 25.2 Å². The Kier molecular flexibility index (Phi) is 2.73. The maximum atomic E-state index is 11.3. The fraction of sp³-hybridized carbons (Fsp3) is 0.889. The lowest BCUT2D eigenvalue weighted by Crippen LogP contribution is -2.49. The van der Waals surface area contributed by atoms with Crippen LogP contribution in [0, 0.1) is 5.41 Å². The van der Waals surface area contributed by atoms with Crippen LogP contribution in [0.15, 0.2) is 0 Å². The number of hydrogen-bond donors (Lipinski definition) is 1. The smallest absolute Gasteiger partial charge is 0.220 e. The molecule has 1 amide bonds. The molecule has 0 atom stereocenters. The Morgan fingerprint density at radius 2 is 2.08 bits per heavy atom. The van der Waals surface area contributed by atoms with Gasteiger partial charge in [-0.15, -0.1) is 0 Å². The van der Waals surface area contributed by atoms with Gasteiger partial charge in [0.1, 0.15) is 0 Å². The van der Waals surface area contributed by atoms with E-state index in [1.54, 1.807) is 0 Å². The summed E-state index contributed by atoms with van der Waals surface area (Å²) in [7, 11) is 0. The van der Waals surface area contributed by atoms with Gasteiger partial charge in [-0.1, -0.05) is 20.8 Å². The van der Waals surface area contributed by atoms with E-state index in [1.165, 1.54) is 0 Å². The van der Waals surface area contributed by atoms with Gasteiger partial charge in [0.15, 0.2) is 0 Å². The third-order valence-electron chi connectivity index (χ3n) is 1.69. The second-order valence-electron chi connectivity index (χ2n) is 4.54. The van der Waals surface area contributed by atoms with Gasteiger partial charge >= 0.3 is 0 Å². The molecule has 1 rings (SSSR count). The van der Waals surface area contributed by atoms with Crippen LogP contribution in [0.4, 0.5) is 0 Å². The third kappa shape index (κ3) is 3.22. The van der Waals surface area contributed by atoms with E-state index in [9.17, 15) is 4.79 Å². The van der Waals surface area contributed by atoms with Crippen LogP contribution in [0.2, 0.25) is 0 Å². The molecule has 0 aromatic rings. The Bertz CT molecular complexity index is 168. The second-order valence-corrected chi connectivity index (χ2v) is 4.54. The van der Waals surface area contributed by atoms with E-state index in [4.69, 9.17) is 4.74 Å². The summed E-state index contributed by atoms with van der Waals surface area (Å²) in [6.07, 6.45) is 0.587. The van der Waals surface area contributed by atoms with Gasteiger partial charge in [-0.3, -0.25) is 4.79 Å². The van der Waals surface area contributed by atoms with Crippen LogP contribution in [0.3, 0.4) is 0 Å². The zero-order valence-electron chi connectivity index (χ0n) is 8.02. The molecule has 0 bridgehead atoms. The molecule has 1 saturated heterocycles. The predicted molar refractivity (Wildman–Crippen MR) is 46.8 cm³/mol. The lowest BCUT2D eigenvalue weighted by molar-refractivity contribution is -0.126. The fourth-order valence-electron chi connectivity index (χ4n) is 1.08. The number of amides is 1. The fourth-order valence-corrected chi connectivity index (χ4v) is 1.08. The van der Waals surface area contributed by atoms with Crippen molar-refractivity contribution in [1.29, 1.82) is 0 Å². The average Bonchev–Trinajstić information content (AvgIpc) is 1.74. The lowest BCUT2D eigenvalue weighted by Gasteiger charge is -2.28. The molecule has 0 aromatic carbocycles. The number of carbonyl (C=O) groups excluding carboxylic acids is 1. The van der Waals surface area contributed by atoms with Gasteiger partial charge < -0.3 is 10.1 Å². The third-order valence-corrected chi connectivity index (χ3v) is 1.69. The highest BCUT2D eigenvalue weighted by Crippen LogP contribution is 2.18. The van der Waals surface area contributed by atoms with Gasteiger partial charge in [0.2, 0.25) is 5.91 Å². The van der Waals surface area contributed by atoms with Crippen molar-refractivity contribution in [2.45, 2.75) is 33.2 Å². The van der Waals surface area contributed by atoms with Crippen molar-refractivity contribution in [3.63, 3.8) is 0 Å². The quantitative estimate of drug-likeness (QED) is 0.671. The molecule has 70 valence electrons. The Balaban J connectivity index is 2.19. The van der Waals surface area contributed by atoms with Crippen LogP contribution in [-0.2, 0) is 9.53 Å². The highest BCUT2D eigenvalue weighted by atomic mass is 16.5. The lowest BCUT2D eigenvalue weighted by atomic mass is 9.92. The van der Waals surface area contributed by atoms with Gasteiger partial charge in [-0.05, 0) is 5.41 Å². The Morgan fingerprint density at radius 3 is 2.42 bits per heavy atom. The molecule has 0 aromatic heterocycles. The first-order valence-corrected chi connectivity index (χ1v) is 4.34. The summed E-state index contributed by atoms with van der Waals surface area (Å²) in [6, 6.07) is 0.264. The maximum absolute atomic E-state index is 11.3. The molecule has 1 aliphatic heterocycles. The molecule has 0 spiro atoms. The van der Waals surface area contributed by atoms with E-state index in [-0.39, 0.29) is 17.4 Å². The first kappa shape index (κ1) is 9.52. The largest absolute Gasteiger partial charge is 0.377 e. The minimum Gasteiger partial charge on any atom is -0.377 e. The minimum absolute atomic E-state index is 0.0781. The van der Waals surface area contributed by atoms with Gasteiger partial charge in [0, 0.05) is 6.42 Å². The predicted octanol–water partition coefficient (Wildman–Crippen LogP) is 0.938. The molecular weight excluding hydrogens is 154 g/mol. The maximum Gasteiger partial charge on any atom is 0.220 e. The molecular formula is C9H17NO2. The molecule has 0 unspecified atom stereocenters. The normalized spacial score (nSPS) is 18.6. The van der Waals surface area contributed by atoms with Crippen LogP contribution in [0.1, 0.15) is 27.2 Å². The Hall–Kier alpha value is -0.570. The summed E-state index contributed by atoms with van der Waals surface area (Å²) in [5, 5.41) is 2.91. The molecule has 0 radical (unpaired) electrons. The van der Waals surface area contributed by atoms with Crippen LogP contribution in [0.5, 0.6) is 0 Å². The highest BCUT2D eigenvalue weighted by molar-refractivity contribution is 5.76. The standard InChI is InChI=1S/C9H17NO2/c1-9(2,3)4-8(11)10-7-5-12-6-7/h7H,4-6H2,1-3H3,(H,10,11). The summed E-state index contributed by atoms with van der Waals surface area (Å²) in [5.41, 5.74) is 0.0781. The molecule has 3 heteroatoms. The first-order chi connectivity index (χ1) is 5.47. The van der Waals surface area contributed by atoms with Gasteiger partial charge in [0.05, 0.1) is 19.3 Å². The van der Waals surface area contributed by atoms with Crippen LogP contribution < -0.4 is 5.32 Å². The van der Waals surface area contributed by atoms with Crippen molar-refractivity contribution in [1.82, 2.24) is 5.32 Å². The Morgan fingerprint density at radius 1 is 1.50 bits per heavy atom. The van der Waals surface area contributed by atoms with Crippen molar-refractivity contribution < 1.29 is 9.53 Å². The molecule has 1 heterocycles. The number of nitrogens with one attached hydrogen (secondary N) is 1. The van der Waals surface area contributed by atoms with Crippen molar-refractivity contribution >= 4 is 5.91 Å². The van der Waals surface area contributed by atoms with Crippen LogP contribution >= 0.6 is 0 Å². The molecule has 12 heavy (non-hydrogen) atoms. The molecule has 1 N–H and O–H groups in total. The van der Waals surface area contributed by atoms with E-state index < -0.39 is 0 Å². The molecule has 0 saturated carbocycles. The minimum atomic E-state index is 0.0781. The van der Waals surface area contributed by atoms with E-state index in [2.05, 4.69) is 26.1 Å². The van der Waals surface area contributed by atoms with Crippen molar-refractivity contribution in [2.75, 3.05) is 13.2 Å². The zero-order chi connectivity index (χ0) is 9.19. The van der Waals surface area contributed by atoms with E-state index in [1.807, 2.05) is 0 Å². The zero-order valence-corrected chi connectivity index (χ0v) is 8.02. The number of ether oxygens (including phenoxy) is 1. The SMILES string of the molecule is CC(C)(C)CC(=O)NC1COC1. The molecule has 0 aliphatic carbocycles. The van der Waals surface area contributed by atoms with Crippen LogP contribution in [0.25, 0.3) is 0 Å². The Labute approximate surface area is 73.5 Å². The molecule has 1 aliphatic rings. The number of hydrogen-bond acceptors (Lipinski definition) is 2. The molecule has 3 nitrogen and oxygen atoms in total. The van der Waals surface area contributed by atoms with Crippen molar-refractivity contribution in [3.05, 3.63) is 0 Å². The van der Waals surface area contributed by atoms with Crippen molar-refractivity contribution in [2.24, 2.45) is 5.41 Å². The summed E-state index contributed by atoms with van der Waals surface area (Å²) in [6.45, 7) is 7.53. The van der Waals surface area contributed by atoms with Gasteiger partial charge in [-0.25, -0.2) is 0 Å². The summed E-state index contributed by atoms with van der Waals surface area (Å²) in [5.74, 6) is 0.135. The average molecular weight is 171 g/mol. The monoisotopic (exact) mass is 171 g/mol. The number of rotatable bonds is 2. The summed E-state index contributed by atoms with van der Waals surface area (Å²) >= 11 is 0. The number of carbonyl (C=O) groups is 1. The van der Waals surface area contributed by atoms with Crippen molar-refractivity contribution in [3.8, 4) is 0 Å². The highest BCUT2D eigenvalue weighted by Gasteiger charge is 2.22. The topological polar surface area (TPSA) is 38.3 Å². The molecule has 1 fully saturated rings. The summed E-state index contributed by atoms with van der Waals surface area (Å²) < 4.78 is 4.95. The summed E-state index contributed by atoms with van der Waals surface area (Å²) in [4.78, 5) is 11.3. The second kappa shape index (κ2) is 3.44.